The molecule has 0 spiro atoms. The van der Waals surface area contributed by atoms with Crippen LogP contribution >= 0.6 is 0 Å². The van der Waals surface area contributed by atoms with E-state index in [0.717, 1.165) is 5.71 Å². The number of aryl methyl sites for hydroxylation is 3. The van der Waals surface area contributed by atoms with E-state index in [1.165, 1.54) is 45.6 Å². The van der Waals surface area contributed by atoms with Crippen LogP contribution in [0.2, 0.25) is 0 Å². The average Bonchev–Trinajstić information content (AvgIpc) is 3.57. The third-order valence-electron chi connectivity index (χ3n) is 5.56. The lowest BCUT2D eigenvalue weighted by Gasteiger charge is -2.08. The van der Waals surface area contributed by atoms with Gasteiger partial charge in [0, 0.05) is 17.0 Å². The number of nitrogens with one attached hydrogen (secondary N) is 1. The zero-order valence-corrected chi connectivity index (χ0v) is 23.0. The highest BCUT2D eigenvalue weighted by Crippen LogP contribution is 2.27. The highest BCUT2D eigenvalue weighted by Gasteiger charge is 2.15. The predicted octanol–water partition coefficient (Wildman–Crippen LogP) is 9.84. The summed E-state index contributed by atoms with van der Waals surface area (Å²) in [7, 11) is 0. The molecule has 188 valence electrons. The van der Waals surface area contributed by atoms with Crippen LogP contribution in [-0.2, 0) is 0 Å². The highest BCUT2D eigenvalue weighted by molar-refractivity contribution is 6.10. The average molecular weight is 479 g/mol. The number of nitrogens with zero attached hydrogens (tertiary/aromatic N) is 1. The van der Waals surface area contributed by atoms with Crippen LogP contribution in [0, 0.1) is 20.8 Å². The molecule has 0 bridgehead atoms. The maximum Gasteiger partial charge on any atom is 0.0944 e. The summed E-state index contributed by atoms with van der Waals surface area (Å²) >= 11 is 0. The van der Waals surface area contributed by atoms with E-state index in [1.807, 2.05) is 32.0 Å². The SMILES string of the molecule is CC.CCC.Cc1ccc(-c2ccccc2C)[nH]1.Cc1ccccc1C1C=CC(c2ccccc2)=N1. The van der Waals surface area contributed by atoms with Crippen molar-refractivity contribution in [3.63, 3.8) is 0 Å². The van der Waals surface area contributed by atoms with Crippen LogP contribution in [0.5, 0.6) is 0 Å². The lowest BCUT2D eigenvalue weighted by atomic mass is 10.0. The number of rotatable bonds is 3. The summed E-state index contributed by atoms with van der Waals surface area (Å²) in [6.45, 7) is 14.6. The fourth-order valence-corrected chi connectivity index (χ4v) is 3.83. The van der Waals surface area contributed by atoms with Crippen molar-refractivity contribution in [3.05, 3.63) is 131 Å². The summed E-state index contributed by atoms with van der Waals surface area (Å²) in [6, 6.07) is 31.6. The maximum absolute atomic E-state index is 4.79. The molecule has 0 saturated heterocycles. The van der Waals surface area contributed by atoms with E-state index in [1.54, 1.807) is 0 Å². The molecule has 1 aromatic heterocycles. The Kier molecular flexibility index (Phi) is 12.2. The molecule has 2 heterocycles. The first kappa shape index (κ1) is 28.6. The van der Waals surface area contributed by atoms with Gasteiger partial charge in [-0.05, 0) is 61.2 Å². The second-order valence-corrected chi connectivity index (χ2v) is 8.62. The van der Waals surface area contributed by atoms with Gasteiger partial charge in [-0.1, -0.05) is 119 Å². The molecule has 1 aliphatic heterocycles. The van der Waals surface area contributed by atoms with Gasteiger partial charge in [-0.2, -0.15) is 0 Å². The van der Waals surface area contributed by atoms with Crippen molar-refractivity contribution in [2.24, 2.45) is 4.99 Å². The minimum atomic E-state index is 0.168. The standard InChI is InChI=1S/C17H15N.C12H13N.C3H8.C2H6/c1-13-7-5-6-10-15(13)17-12-11-16(18-17)14-8-3-2-4-9-14;1-9-5-3-4-6-11(9)12-8-7-10(2)13-12;1-3-2;1-2/h2-12,17H,1H3;3-8,13H,1-2H3;3H2,1-2H3;1-2H3. The van der Waals surface area contributed by atoms with Gasteiger partial charge in [0.2, 0.25) is 0 Å². The summed E-state index contributed by atoms with van der Waals surface area (Å²) in [5, 5.41) is 0. The van der Waals surface area contributed by atoms with Crippen LogP contribution in [0.3, 0.4) is 0 Å². The van der Waals surface area contributed by atoms with Gasteiger partial charge in [0.1, 0.15) is 0 Å². The smallest absolute Gasteiger partial charge is 0.0944 e. The number of H-pyrrole nitrogens is 1. The molecule has 36 heavy (non-hydrogen) atoms. The molecule has 3 aromatic carbocycles. The van der Waals surface area contributed by atoms with Gasteiger partial charge in [0.05, 0.1) is 11.8 Å². The van der Waals surface area contributed by atoms with Gasteiger partial charge in [0.25, 0.3) is 0 Å². The molecule has 1 atom stereocenters. The quantitative estimate of drug-likeness (QED) is 0.303. The molecule has 0 aliphatic carbocycles. The summed E-state index contributed by atoms with van der Waals surface area (Å²) in [6.07, 6.45) is 5.54. The first-order valence-electron chi connectivity index (χ1n) is 13.1. The largest absolute Gasteiger partial charge is 0.359 e. The molecule has 5 rings (SSSR count). The second-order valence-electron chi connectivity index (χ2n) is 8.62. The zero-order chi connectivity index (χ0) is 26.3. The fraction of sp³-hybridized carbons (Fsp3) is 0.265. The van der Waals surface area contributed by atoms with Crippen molar-refractivity contribution >= 4 is 5.71 Å². The molecule has 2 heteroatoms. The minimum Gasteiger partial charge on any atom is -0.359 e. The van der Waals surface area contributed by atoms with Crippen LogP contribution in [0.1, 0.15) is 68.1 Å². The molecule has 1 unspecified atom stereocenters. The maximum atomic E-state index is 4.79. The Morgan fingerprint density at radius 3 is 1.86 bits per heavy atom. The van der Waals surface area contributed by atoms with E-state index in [-0.39, 0.29) is 6.04 Å². The molecular formula is C34H42N2. The van der Waals surface area contributed by atoms with E-state index >= 15 is 0 Å². The lowest BCUT2D eigenvalue weighted by molar-refractivity contribution is 0.919. The van der Waals surface area contributed by atoms with Crippen molar-refractivity contribution < 1.29 is 0 Å². The van der Waals surface area contributed by atoms with Gasteiger partial charge in [0.15, 0.2) is 0 Å². The molecule has 0 saturated carbocycles. The predicted molar refractivity (Wildman–Crippen MR) is 159 cm³/mol. The molecule has 1 N–H and O–H groups in total. The first-order chi connectivity index (χ1) is 17.5. The number of aromatic amines is 1. The van der Waals surface area contributed by atoms with Gasteiger partial charge in [-0.25, -0.2) is 0 Å². The minimum absolute atomic E-state index is 0.168. The van der Waals surface area contributed by atoms with E-state index < -0.39 is 0 Å². The Hall–Kier alpha value is -3.65. The first-order valence-corrected chi connectivity index (χ1v) is 13.1. The normalized spacial score (nSPS) is 13.3. The number of hydrogen-bond acceptors (Lipinski definition) is 1. The van der Waals surface area contributed by atoms with Gasteiger partial charge in [-0.3, -0.25) is 4.99 Å². The zero-order valence-electron chi connectivity index (χ0n) is 23.0. The number of allylic oxidation sites excluding steroid dienone is 1. The van der Waals surface area contributed by atoms with Crippen molar-refractivity contribution in [1.82, 2.24) is 4.98 Å². The van der Waals surface area contributed by atoms with Crippen LogP contribution in [0.4, 0.5) is 0 Å². The van der Waals surface area contributed by atoms with Crippen molar-refractivity contribution in [2.45, 2.75) is 60.9 Å². The Bertz CT molecular complexity index is 1230. The van der Waals surface area contributed by atoms with Crippen LogP contribution in [-0.4, -0.2) is 10.7 Å². The summed E-state index contributed by atoms with van der Waals surface area (Å²) in [5.41, 5.74) is 9.85. The number of aromatic nitrogens is 1. The summed E-state index contributed by atoms with van der Waals surface area (Å²) in [5.74, 6) is 0. The van der Waals surface area contributed by atoms with Crippen LogP contribution in [0.15, 0.2) is 108 Å². The third-order valence-corrected chi connectivity index (χ3v) is 5.56. The van der Waals surface area contributed by atoms with Gasteiger partial charge >= 0.3 is 0 Å². The highest BCUT2D eigenvalue weighted by atomic mass is 14.8. The molecule has 0 amide bonds. The summed E-state index contributed by atoms with van der Waals surface area (Å²) < 4.78 is 0. The van der Waals surface area contributed by atoms with Crippen molar-refractivity contribution in [1.29, 1.82) is 0 Å². The molecule has 4 aromatic rings. The molecular weight excluding hydrogens is 436 g/mol. The van der Waals surface area contributed by atoms with Crippen LogP contribution < -0.4 is 0 Å². The topological polar surface area (TPSA) is 28.1 Å². The van der Waals surface area contributed by atoms with E-state index in [0.29, 0.717) is 0 Å². The fourth-order valence-electron chi connectivity index (χ4n) is 3.83. The third kappa shape index (κ3) is 8.23. The molecule has 0 fully saturated rings. The van der Waals surface area contributed by atoms with Gasteiger partial charge in [-0.15, -0.1) is 0 Å². The summed E-state index contributed by atoms with van der Waals surface area (Å²) in [4.78, 5) is 8.13. The number of aliphatic imine (C=N–C) groups is 1. The van der Waals surface area contributed by atoms with Crippen LogP contribution in [0.25, 0.3) is 11.3 Å². The Morgan fingerprint density at radius 2 is 1.28 bits per heavy atom. The van der Waals surface area contributed by atoms with Crippen molar-refractivity contribution in [2.75, 3.05) is 0 Å². The molecule has 0 radical (unpaired) electrons. The monoisotopic (exact) mass is 478 g/mol. The van der Waals surface area contributed by atoms with Crippen molar-refractivity contribution in [3.8, 4) is 11.3 Å². The molecule has 2 nitrogen and oxygen atoms in total. The van der Waals surface area contributed by atoms with Gasteiger partial charge < -0.3 is 4.98 Å². The number of hydrogen-bond donors (Lipinski definition) is 1. The lowest BCUT2D eigenvalue weighted by Crippen LogP contribution is -1.95. The Balaban J connectivity index is 0.000000223. The van der Waals surface area contributed by atoms with E-state index in [2.05, 4.69) is 125 Å². The second kappa shape index (κ2) is 15.4. The Labute approximate surface area is 218 Å². The van der Waals surface area contributed by atoms with E-state index in [9.17, 15) is 0 Å². The Morgan fingerprint density at radius 1 is 0.694 bits per heavy atom. The number of benzene rings is 3. The van der Waals surface area contributed by atoms with E-state index in [4.69, 9.17) is 4.99 Å². The molecule has 1 aliphatic rings.